The Kier molecular flexibility index (Phi) is 4.43. The molecular formula is C26H17ClN2O. The molecule has 1 heterocycles. The van der Waals surface area contributed by atoms with Gasteiger partial charge in [-0.25, -0.2) is 0 Å². The summed E-state index contributed by atoms with van der Waals surface area (Å²) in [5.74, 6) is 0.785. The maximum atomic E-state index is 9.96. The summed E-state index contributed by atoms with van der Waals surface area (Å²) in [5, 5.41) is 10.6. The molecule has 1 atom stereocenters. The predicted molar refractivity (Wildman–Crippen MR) is 120 cm³/mol. The Balaban J connectivity index is 1.82. The molecule has 30 heavy (non-hydrogen) atoms. The van der Waals surface area contributed by atoms with Crippen LogP contribution in [0.15, 0.2) is 84.9 Å². The molecule has 0 fully saturated rings. The number of hydrogen-bond donors (Lipinski definition) is 1. The third-order valence-corrected chi connectivity index (χ3v) is 5.71. The highest BCUT2D eigenvalue weighted by molar-refractivity contribution is 6.30. The van der Waals surface area contributed by atoms with Crippen LogP contribution >= 0.6 is 11.6 Å². The van der Waals surface area contributed by atoms with Gasteiger partial charge in [-0.2, -0.15) is 5.26 Å². The van der Waals surface area contributed by atoms with Gasteiger partial charge in [0, 0.05) is 21.7 Å². The zero-order chi connectivity index (χ0) is 20.7. The lowest BCUT2D eigenvalue weighted by atomic mass is 9.83. The highest BCUT2D eigenvalue weighted by Crippen LogP contribution is 2.49. The fourth-order valence-corrected chi connectivity index (χ4v) is 4.17. The van der Waals surface area contributed by atoms with Crippen LogP contribution < -0.4 is 10.5 Å². The SMILES string of the molecule is N#Cc1c(-c2ccccc2)cc2c(c1N)[C@H](c1ccc(Cl)cc1)Oc1ccccc1-2. The first-order valence-electron chi connectivity index (χ1n) is 9.61. The molecular weight excluding hydrogens is 392 g/mol. The lowest BCUT2D eigenvalue weighted by Crippen LogP contribution is -2.18. The van der Waals surface area contributed by atoms with E-state index in [9.17, 15) is 5.26 Å². The van der Waals surface area contributed by atoms with Crippen molar-refractivity contribution >= 4 is 17.3 Å². The van der Waals surface area contributed by atoms with Crippen molar-refractivity contribution in [1.82, 2.24) is 0 Å². The first-order valence-corrected chi connectivity index (χ1v) is 9.98. The highest BCUT2D eigenvalue weighted by Gasteiger charge is 2.32. The number of nitrogens with two attached hydrogens (primary N) is 1. The molecule has 4 aromatic carbocycles. The quantitative estimate of drug-likeness (QED) is 0.379. The molecule has 1 aliphatic heterocycles. The van der Waals surface area contributed by atoms with Gasteiger partial charge in [-0.15, -0.1) is 0 Å². The number of nitrogen functional groups attached to an aromatic ring is 1. The minimum atomic E-state index is -0.427. The van der Waals surface area contributed by atoms with E-state index in [4.69, 9.17) is 22.1 Å². The number of fused-ring (bicyclic) bond motifs is 3. The van der Waals surface area contributed by atoms with Gasteiger partial charge in [-0.1, -0.05) is 72.3 Å². The van der Waals surface area contributed by atoms with E-state index in [1.807, 2.05) is 78.9 Å². The van der Waals surface area contributed by atoms with Crippen molar-refractivity contribution in [2.24, 2.45) is 0 Å². The summed E-state index contributed by atoms with van der Waals surface area (Å²) in [7, 11) is 0. The van der Waals surface area contributed by atoms with Crippen LogP contribution in [0.1, 0.15) is 22.8 Å². The molecule has 0 aliphatic carbocycles. The summed E-state index contributed by atoms with van der Waals surface area (Å²) in [6.07, 6.45) is -0.427. The molecule has 0 unspecified atom stereocenters. The number of para-hydroxylation sites is 1. The van der Waals surface area contributed by atoms with E-state index in [0.29, 0.717) is 16.3 Å². The molecule has 0 radical (unpaired) electrons. The van der Waals surface area contributed by atoms with Gasteiger partial charge in [0.1, 0.15) is 11.8 Å². The molecule has 0 saturated heterocycles. The van der Waals surface area contributed by atoms with Crippen LogP contribution in [-0.4, -0.2) is 0 Å². The molecule has 0 spiro atoms. The van der Waals surface area contributed by atoms with E-state index in [-0.39, 0.29) is 0 Å². The monoisotopic (exact) mass is 408 g/mol. The van der Waals surface area contributed by atoms with Crippen LogP contribution in [0.25, 0.3) is 22.3 Å². The summed E-state index contributed by atoms with van der Waals surface area (Å²) in [6.45, 7) is 0. The fourth-order valence-electron chi connectivity index (χ4n) is 4.04. The molecule has 3 nitrogen and oxygen atoms in total. The number of rotatable bonds is 2. The van der Waals surface area contributed by atoms with E-state index < -0.39 is 6.10 Å². The van der Waals surface area contributed by atoms with Crippen LogP contribution in [0.2, 0.25) is 5.02 Å². The fraction of sp³-hybridized carbons (Fsp3) is 0.0385. The zero-order valence-electron chi connectivity index (χ0n) is 16.0. The van der Waals surface area contributed by atoms with Crippen molar-refractivity contribution in [2.75, 3.05) is 5.73 Å². The topological polar surface area (TPSA) is 59.0 Å². The van der Waals surface area contributed by atoms with Crippen molar-refractivity contribution in [3.63, 3.8) is 0 Å². The molecule has 0 saturated carbocycles. The summed E-state index contributed by atoms with van der Waals surface area (Å²) in [6, 6.07) is 29.7. The van der Waals surface area contributed by atoms with Crippen molar-refractivity contribution in [1.29, 1.82) is 5.26 Å². The Hall–Kier alpha value is -3.74. The number of halogens is 1. The van der Waals surface area contributed by atoms with Gasteiger partial charge < -0.3 is 10.5 Å². The average molecular weight is 409 g/mol. The van der Waals surface area contributed by atoms with Crippen LogP contribution in [0.5, 0.6) is 5.75 Å². The molecule has 1 aliphatic rings. The summed E-state index contributed by atoms with van der Waals surface area (Å²) in [5.41, 5.74) is 13.0. The standard InChI is InChI=1S/C26H17ClN2O/c27-18-12-10-17(11-13-18)26-24-21(19-8-4-5-9-23(19)30-26)14-20(22(15-28)25(24)29)16-6-2-1-3-7-16/h1-14,26H,29H2/t26-/m0/s1. The first kappa shape index (κ1) is 18.3. The minimum absolute atomic E-state index is 0.427. The molecule has 0 aromatic heterocycles. The highest BCUT2D eigenvalue weighted by atomic mass is 35.5. The second-order valence-electron chi connectivity index (χ2n) is 7.20. The number of anilines is 1. The molecule has 4 heteroatoms. The van der Waals surface area contributed by atoms with Crippen molar-refractivity contribution < 1.29 is 4.74 Å². The van der Waals surface area contributed by atoms with Crippen molar-refractivity contribution in [2.45, 2.75) is 6.10 Å². The largest absolute Gasteiger partial charge is 0.480 e. The van der Waals surface area contributed by atoms with E-state index in [1.54, 1.807) is 0 Å². The number of hydrogen-bond acceptors (Lipinski definition) is 3. The smallest absolute Gasteiger partial charge is 0.152 e. The van der Waals surface area contributed by atoms with E-state index in [0.717, 1.165) is 39.1 Å². The summed E-state index contributed by atoms with van der Waals surface area (Å²) in [4.78, 5) is 0. The van der Waals surface area contributed by atoms with Crippen LogP contribution in [0, 0.1) is 11.3 Å². The number of nitriles is 1. The Bertz CT molecular complexity index is 1290. The Morgan fingerprint density at radius 3 is 2.27 bits per heavy atom. The summed E-state index contributed by atoms with van der Waals surface area (Å²) >= 11 is 6.09. The van der Waals surface area contributed by atoms with Crippen molar-refractivity contribution in [3.05, 3.63) is 107 Å². The lowest BCUT2D eigenvalue weighted by Gasteiger charge is -2.31. The van der Waals surface area contributed by atoms with Gasteiger partial charge in [0.05, 0.1) is 11.3 Å². The van der Waals surface area contributed by atoms with E-state index in [2.05, 4.69) is 12.1 Å². The third-order valence-electron chi connectivity index (χ3n) is 5.46. The van der Waals surface area contributed by atoms with Crippen LogP contribution in [-0.2, 0) is 0 Å². The van der Waals surface area contributed by atoms with E-state index >= 15 is 0 Å². The number of nitrogens with zero attached hydrogens (tertiary/aromatic N) is 1. The van der Waals surface area contributed by atoms with Gasteiger partial charge in [-0.3, -0.25) is 0 Å². The second-order valence-corrected chi connectivity index (χ2v) is 7.63. The molecule has 144 valence electrons. The number of benzene rings is 4. The normalized spacial score (nSPS) is 14.2. The Morgan fingerprint density at radius 1 is 0.833 bits per heavy atom. The maximum Gasteiger partial charge on any atom is 0.152 e. The second kappa shape index (κ2) is 7.26. The summed E-state index contributed by atoms with van der Waals surface area (Å²) < 4.78 is 6.38. The molecule has 5 rings (SSSR count). The Morgan fingerprint density at radius 2 is 1.53 bits per heavy atom. The zero-order valence-corrected chi connectivity index (χ0v) is 16.7. The predicted octanol–water partition coefficient (Wildman–Crippen LogP) is 6.61. The molecule has 4 aromatic rings. The first-order chi connectivity index (χ1) is 14.7. The molecule has 0 bridgehead atoms. The van der Waals surface area contributed by atoms with E-state index in [1.165, 1.54) is 0 Å². The van der Waals surface area contributed by atoms with Gasteiger partial charge in [0.15, 0.2) is 6.10 Å². The number of ether oxygens (including phenoxy) is 1. The van der Waals surface area contributed by atoms with Gasteiger partial charge in [0.2, 0.25) is 0 Å². The maximum absolute atomic E-state index is 9.96. The van der Waals surface area contributed by atoms with Crippen LogP contribution in [0.3, 0.4) is 0 Å². The average Bonchev–Trinajstić information content (AvgIpc) is 2.79. The lowest BCUT2D eigenvalue weighted by molar-refractivity contribution is 0.244. The van der Waals surface area contributed by atoms with Gasteiger partial charge in [-0.05, 0) is 41.0 Å². The van der Waals surface area contributed by atoms with Gasteiger partial charge >= 0.3 is 0 Å². The third kappa shape index (κ3) is 2.90. The Labute approximate surface area is 179 Å². The van der Waals surface area contributed by atoms with Gasteiger partial charge in [0.25, 0.3) is 0 Å². The van der Waals surface area contributed by atoms with Crippen molar-refractivity contribution in [3.8, 4) is 34.1 Å². The molecule has 0 amide bonds. The van der Waals surface area contributed by atoms with Crippen LogP contribution in [0.4, 0.5) is 5.69 Å². The minimum Gasteiger partial charge on any atom is -0.480 e. The molecule has 2 N–H and O–H groups in total.